The zero-order valence-corrected chi connectivity index (χ0v) is 19.1. The molecule has 3 rings (SSSR count). The van der Waals surface area contributed by atoms with Crippen molar-refractivity contribution in [2.45, 2.75) is 38.3 Å². The number of aliphatic hydroxyl groups excluding tert-OH is 1. The number of rotatable bonds is 11. The van der Waals surface area contributed by atoms with Crippen LogP contribution in [0.25, 0.3) is 0 Å². The van der Waals surface area contributed by atoms with Crippen LogP contribution in [0.4, 0.5) is 0 Å². The number of allylic oxidation sites excluding steroid dienone is 1. The van der Waals surface area contributed by atoms with Crippen molar-refractivity contribution in [3.05, 3.63) is 35.6 Å². The van der Waals surface area contributed by atoms with Crippen molar-refractivity contribution in [2.24, 2.45) is 5.92 Å². The minimum Gasteiger partial charge on any atom is -0.459 e. The Morgan fingerprint density at radius 3 is 2.69 bits per heavy atom. The molecule has 32 heavy (non-hydrogen) atoms. The van der Waals surface area contributed by atoms with Gasteiger partial charge >= 0.3 is 0 Å². The molecular weight excluding hydrogens is 418 g/mol. The van der Waals surface area contributed by atoms with Gasteiger partial charge in [-0.15, -0.1) is 0 Å². The molecule has 0 radical (unpaired) electrons. The Hall–Kier alpha value is -2.33. The second kappa shape index (κ2) is 11.5. The van der Waals surface area contributed by atoms with E-state index in [9.17, 15) is 9.90 Å². The SMILES string of the molecule is CCOC1OC(C(=O)N(C)CC(OC)OC)=CC(c2ccc3c(c2)OCO3)C1CCCO. The van der Waals surface area contributed by atoms with Crippen molar-refractivity contribution in [3.8, 4) is 11.5 Å². The molecule has 2 heterocycles. The van der Waals surface area contributed by atoms with E-state index in [2.05, 4.69) is 0 Å². The lowest BCUT2D eigenvalue weighted by atomic mass is 9.80. The fourth-order valence-electron chi connectivity index (χ4n) is 4.00. The molecule has 1 N–H and O–H groups in total. The monoisotopic (exact) mass is 451 g/mol. The highest BCUT2D eigenvalue weighted by Gasteiger charge is 2.39. The van der Waals surface area contributed by atoms with E-state index in [1.54, 1.807) is 7.05 Å². The molecule has 0 spiro atoms. The molecule has 1 aromatic rings. The zero-order valence-electron chi connectivity index (χ0n) is 19.1. The minimum atomic E-state index is -0.625. The van der Waals surface area contributed by atoms with Crippen LogP contribution in [0.5, 0.6) is 11.5 Å². The van der Waals surface area contributed by atoms with Crippen molar-refractivity contribution >= 4 is 5.91 Å². The second-order valence-electron chi connectivity index (χ2n) is 7.73. The maximum atomic E-state index is 13.2. The van der Waals surface area contributed by atoms with Crippen LogP contribution in [0.2, 0.25) is 0 Å². The van der Waals surface area contributed by atoms with Gasteiger partial charge in [0.2, 0.25) is 13.1 Å². The fraction of sp³-hybridized carbons (Fsp3) is 0.609. The van der Waals surface area contributed by atoms with Crippen molar-refractivity contribution < 1.29 is 38.3 Å². The number of likely N-dealkylation sites (N-methyl/N-ethyl adjacent to an activating group) is 1. The number of carbonyl (C=O) groups excluding carboxylic acids is 1. The third-order valence-corrected chi connectivity index (χ3v) is 5.70. The van der Waals surface area contributed by atoms with Crippen molar-refractivity contribution in [2.75, 3.05) is 47.8 Å². The Morgan fingerprint density at radius 1 is 1.25 bits per heavy atom. The van der Waals surface area contributed by atoms with Crippen molar-refractivity contribution in [1.82, 2.24) is 4.90 Å². The summed E-state index contributed by atoms with van der Waals surface area (Å²) < 4.78 is 33.4. The molecule has 0 aromatic heterocycles. The molecule has 1 aromatic carbocycles. The minimum absolute atomic E-state index is 0.0663. The van der Waals surface area contributed by atoms with Gasteiger partial charge in [-0.1, -0.05) is 6.07 Å². The van der Waals surface area contributed by atoms with Crippen LogP contribution in [0.1, 0.15) is 31.2 Å². The first kappa shape index (κ1) is 24.3. The van der Waals surface area contributed by atoms with Crippen LogP contribution in [0, 0.1) is 5.92 Å². The van der Waals surface area contributed by atoms with E-state index in [-0.39, 0.29) is 43.4 Å². The number of hydrogen-bond donors (Lipinski definition) is 1. The average molecular weight is 452 g/mol. The number of hydrogen-bond acceptors (Lipinski definition) is 8. The van der Waals surface area contributed by atoms with Gasteiger partial charge in [-0.3, -0.25) is 4.79 Å². The van der Waals surface area contributed by atoms with Gasteiger partial charge in [0.25, 0.3) is 5.91 Å². The maximum Gasteiger partial charge on any atom is 0.288 e. The normalized spacial score (nSPS) is 21.9. The first-order valence-corrected chi connectivity index (χ1v) is 10.8. The quantitative estimate of drug-likeness (QED) is 0.512. The Kier molecular flexibility index (Phi) is 8.75. The molecule has 0 fully saturated rings. The molecular formula is C23H33NO8. The Balaban J connectivity index is 1.93. The molecule has 0 bridgehead atoms. The predicted octanol–water partition coefficient (Wildman–Crippen LogP) is 2.24. The Morgan fingerprint density at radius 2 is 2.00 bits per heavy atom. The number of ether oxygens (including phenoxy) is 6. The van der Waals surface area contributed by atoms with Gasteiger partial charge in [0.1, 0.15) is 0 Å². The molecule has 0 aliphatic carbocycles. The van der Waals surface area contributed by atoms with E-state index in [0.29, 0.717) is 30.9 Å². The molecule has 3 unspecified atom stereocenters. The topological polar surface area (TPSA) is 95.9 Å². The van der Waals surface area contributed by atoms with E-state index < -0.39 is 12.6 Å². The Labute approximate surface area is 188 Å². The molecule has 2 aliphatic heterocycles. The molecule has 9 heteroatoms. The van der Waals surface area contributed by atoms with Crippen LogP contribution in [-0.2, 0) is 23.7 Å². The summed E-state index contributed by atoms with van der Waals surface area (Å²) in [5.41, 5.74) is 0.963. The standard InChI is InChI=1S/C23H33NO8/c1-5-29-23-16(7-6-10-25)17(15-8-9-18-19(11-15)31-14-30-18)12-20(32-23)22(26)24(2)13-21(27-3)28-4/h8-9,11-12,16-17,21,23,25H,5-7,10,13-14H2,1-4H3. The summed E-state index contributed by atoms with van der Waals surface area (Å²) in [5.74, 6) is 1.02. The van der Waals surface area contributed by atoms with E-state index in [0.717, 1.165) is 5.56 Å². The van der Waals surface area contributed by atoms with Crippen LogP contribution in [-0.4, -0.2) is 76.3 Å². The lowest BCUT2D eigenvalue weighted by molar-refractivity contribution is -0.172. The van der Waals surface area contributed by atoms with E-state index in [4.69, 9.17) is 28.4 Å². The number of aliphatic hydroxyl groups is 1. The predicted molar refractivity (Wildman–Crippen MR) is 115 cm³/mol. The number of nitrogens with zero attached hydrogens (tertiary/aromatic N) is 1. The summed E-state index contributed by atoms with van der Waals surface area (Å²) >= 11 is 0. The first-order valence-electron chi connectivity index (χ1n) is 10.8. The number of benzene rings is 1. The summed E-state index contributed by atoms with van der Waals surface area (Å²) in [5, 5.41) is 9.42. The third kappa shape index (κ3) is 5.53. The number of amides is 1. The number of carbonyl (C=O) groups is 1. The summed E-state index contributed by atoms with van der Waals surface area (Å²) in [4.78, 5) is 14.7. The van der Waals surface area contributed by atoms with Crippen molar-refractivity contribution in [3.63, 3.8) is 0 Å². The van der Waals surface area contributed by atoms with E-state index >= 15 is 0 Å². The van der Waals surface area contributed by atoms with Gasteiger partial charge < -0.3 is 38.4 Å². The summed E-state index contributed by atoms with van der Waals surface area (Å²) in [6.07, 6.45) is 1.93. The van der Waals surface area contributed by atoms with Crippen LogP contribution in [0.3, 0.4) is 0 Å². The summed E-state index contributed by atoms with van der Waals surface area (Å²) in [7, 11) is 4.71. The van der Waals surface area contributed by atoms with Gasteiger partial charge in [-0.25, -0.2) is 0 Å². The second-order valence-corrected chi connectivity index (χ2v) is 7.73. The van der Waals surface area contributed by atoms with Gasteiger partial charge in [-0.05, 0) is 43.5 Å². The largest absolute Gasteiger partial charge is 0.459 e. The third-order valence-electron chi connectivity index (χ3n) is 5.70. The molecule has 9 nitrogen and oxygen atoms in total. The lowest BCUT2D eigenvalue weighted by Crippen LogP contribution is -2.41. The highest BCUT2D eigenvalue weighted by molar-refractivity contribution is 5.91. The molecule has 0 saturated carbocycles. The number of methoxy groups -OCH3 is 2. The van der Waals surface area contributed by atoms with Crippen LogP contribution in [0.15, 0.2) is 30.0 Å². The van der Waals surface area contributed by atoms with E-state index in [1.165, 1.54) is 19.1 Å². The van der Waals surface area contributed by atoms with Crippen LogP contribution >= 0.6 is 0 Å². The van der Waals surface area contributed by atoms with Gasteiger partial charge in [-0.2, -0.15) is 0 Å². The summed E-state index contributed by atoms with van der Waals surface area (Å²) in [6, 6.07) is 5.77. The number of fused-ring (bicyclic) bond motifs is 1. The van der Waals surface area contributed by atoms with E-state index in [1.807, 2.05) is 31.2 Å². The van der Waals surface area contributed by atoms with Gasteiger partial charge in [0.15, 0.2) is 23.5 Å². The van der Waals surface area contributed by atoms with Gasteiger partial charge in [0.05, 0.1) is 6.54 Å². The van der Waals surface area contributed by atoms with Crippen LogP contribution < -0.4 is 9.47 Å². The smallest absolute Gasteiger partial charge is 0.288 e. The molecule has 2 aliphatic rings. The highest BCUT2D eigenvalue weighted by atomic mass is 16.7. The zero-order chi connectivity index (χ0) is 23.1. The first-order chi connectivity index (χ1) is 15.5. The Bertz CT molecular complexity index is 794. The lowest BCUT2D eigenvalue weighted by Gasteiger charge is -2.38. The molecule has 3 atom stereocenters. The molecule has 1 amide bonds. The van der Waals surface area contributed by atoms with Gasteiger partial charge in [0, 0.05) is 46.3 Å². The average Bonchev–Trinajstić information content (AvgIpc) is 3.28. The maximum absolute atomic E-state index is 13.2. The van der Waals surface area contributed by atoms with Crippen molar-refractivity contribution in [1.29, 1.82) is 0 Å². The molecule has 178 valence electrons. The highest BCUT2D eigenvalue weighted by Crippen LogP contribution is 2.43. The fourth-order valence-corrected chi connectivity index (χ4v) is 4.00. The molecule has 0 saturated heterocycles. The summed E-state index contributed by atoms with van der Waals surface area (Å²) in [6.45, 7) is 2.81.